The summed E-state index contributed by atoms with van der Waals surface area (Å²) >= 11 is 0. The van der Waals surface area contributed by atoms with E-state index in [9.17, 15) is 9.59 Å². The van der Waals surface area contributed by atoms with Gasteiger partial charge in [0, 0.05) is 24.9 Å². The number of amides is 3. The van der Waals surface area contributed by atoms with Gasteiger partial charge >= 0.3 is 6.03 Å². The molecule has 0 aromatic carbocycles. The van der Waals surface area contributed by atoms with E-state index in [1.807, 2.05) is 0 Å². The molecule has 110 valence electrons. The predicted octanol–water partition coefficient (Wildman–Crippen LogP) is 0.684. The van der Waals surface area contributed by atoms with Crippen LogP contribution in [0.25, 0.3) is 0 Å². The summed E-state index contributed by atoms with van der Waals surface area (Å²) in [5.74, 6) is 0.126. The van der Waals surface area contributed by atoms with Gasteiger partial charge in [-0.1, -0.05) is 5.16 Å². The van der Waals surface area contributed by atoms with Crippen molar-refractivity contribution in [2.24, 2.45) is 7.05 Å². The fourth-order valence-electron chi connectivity index (χ4n) is 2.36. The second-order valence-electron chi connectivity index (χ2n) is 5.28. The highest BCUT2D eigenvalue weighted by Gasteiger charge is 2.49. The average molecular weight is 289 g/mol. The second kappa shape index (κ2) is 4.44. The Kier molecular flexibility index (Phi) is 2.82. The van der Waals surface area contributed by atoms with Crippen LogP contribution in [-0.2, 0) is 23.9 Å². The molecule has 1 saturated heterocycles. The van der Waals surface area contributed by atoms with Crippen molar-refractivity contribution in [3.63, 3.8) is 0 Å². The van der Waals surface area contributed by atoms with Gasteiger partial charge in [-0.25, -0.2) is 4.79 Å². The van der Waals surface area contributed by atoms with Gasteiger partial charge in [-0.15, -0.1) is 0 Å². The van der Waals surface area contributed by atoms with Gasteiger partial charge in [0.25, 0.3) is 5.91 Å². The lowest BCUT2D eigenvalue weighted by molar-refractivity contribution is -0.131. The summed E-state index contributed by atoms with van der Waals surface area (Å²) in [7, 11) is 1.75. The summed E-state index contributed by atoms with van der Waals surface area (Å²) in [6.07, 6.45) is 3.28. The van der Waals surface area contributed by atoms with Crippen LogP contribution in [0, 0.1) is 6.92 Å². The smallest absolute Gasteiger partial charge is 0.325 e. The number of nitrogens with one attached hydrogen (secondary N) is 1. The van der Waals surface area contributed by atoms with E-state index in [2.05, 4.69) is 15.6 Å². The quantitative estimate of drug-likeness (QED) is 0.839. The molecular formula is C13H15N5O3. The third kappa shape index (κ3) is 2.08. The largest absolute Gasteiger partial charge is 0.359 e. The van der Waals surface area contributed by atoms with Crippen LogP contribution < -0.4 is 5.32 Å². The minimum Gasteiger partial charge on any atom is -0.359 e. The van der Waals surface area contributed by atoms with E-state index in [0.717, 1.165) is 4.90 Å². The molecule has 1 aliphatic rings. The molecule has 21 heavy (non-hydrogen) atoms. The Labute approximate surface area is 120 Å². The normalized spacial score (nSPS) is 22.0. The highest BCUT2D eigenvalue weighted by atomic mass is 16.5. The zero-order chi connectivity index (χ0) is 15.2. The topological polar surface area (TPSA) is 93.3 Å². The van der Waals surface area contributed by atoms with Gasteiger partial charge < -0.3 is 9.84 Å². The van der Waals surface area contributed by atoms with E-state index in [1.54, 1.807) is 44.0 Å². The van der Waals surface area contributed by atoms with E-state index >= 15 is 0 Å². The fraction of sp³-hybridized carbons (Fsp3) is 0.385. The lowest BCUT2D eigenvalue weighted by Gasteiger charge is -2.19. The molecule has 8 heteroatoms. The Morgan fingerprint density at radius 2 is 2.19 bits per heavy atom. The number of imide groups is 1. The molecule has 1 unspecified atom stereocenters. The lowest BCUT2D eigenvalue weighted by atomic mass is 9.95. The summed E-state index contributed by atoms with van der Waals surface area (Å²) in [5.41, 5.74) is 0.229. The molecule has 0 aliphatic carbocycles. The van der Waals surface area contributed by atoms with Gasteiger partial charge in [-0.2, -0.15) is 5.10 Å². The molecule has 3 heterocycles. The number of carbonyl (C=O) groups is 2. The SMILES string of the molecule is Cc1cc(CN2C(=O)NC(C)(c3cnn(C)c3)C2=O)on1. The summed E-state index contributed by atoms with van der Waals surface area (Å²) in [6, 6.07) is 1.24. The first-order chi connectivity index (χ1) is 9.90. The van der Waals surface area contributed by atoms with Crippen LogP contribution in [0.3, 0.4) is 0 Å². The van der Waals surface area contributed by atoms with Crippen molar-refractivity contribution in [1.29, 1.82) is 0 Å². The standard InChI is InChI=1S/C13H15N5O3/c1-8-4-10(21-16-8)7-18-11(19)13(2,15-12(18)20)9-5-14-17(3)6-9/h4-6H,7H2,1-3H3,(H,15,20). The molecule has 2 aromatic rings. The first kappa shape index (κ1) is 13.3. The van der Waals surface area contributed by atoms with Gasteiger partial charge in [0.15, 0.2) is 5.76 Å². The van der Waals surface area contributed by atoms with E-state index in [0.29, 0.717) is 17.0 Å². The molecule has 2 aromatic heterocycles. The Morgan fingerprint density at radius 1 is 1.43 bits per heavy atom. The lowest BCUT2D eigenvalue weighted by Crippen LogP contribution is -2.40. The third-order valence-corrected chi connectivity index (χ3v) is 3.55. The minimum absolute atomic E-state index is 0.0569. The molecule has 3 rings (SSSR count). The van der Waals surface area contributed by atoms with E-state index < -0.39 is 11.6 Å². The van der Waals surface area contributed by atoms with Crippen LogP contribution in [0.2, 0.25) is 0 Å². The number of hydrogen-bond acceptors (Lipinski definition) is 5. The predicted molar refractivity (Wildman–Crippen MR) is 70.9 cm³/mol. The third-order valence-electron chi connectivity index (χ3n) is 3.55. The molecular weight excluding hydrogens is 274 g/mol. The average Bonchev–Trinajstić information content (AvgIpc) is 3.08. The van der Waals surface area contributed by atoms with Crippen molar-refractivity contribution < 1.29 is 14.1 Å². The molecule has 1 N–H and O–H groups in total. The zero-order valence-electron chi connectivity index (χ0n) is 12.0. The van der Waals surface area contributed by atoms with Crippen molar-refractivity contribution in [3.05, 3.63) is 35.5 Å². The Bertz CT molecular complexity index is 719. The number of rotatable bonds is 3. The molecule has 0 radical (unpaired) electrons. The zero-order valence-corrected chi connectivity index (χ0v) is 12.0. The molecule has 8 nitrogen and oxygen atoms in total. The summed E-state index contributed by atoms with van der Waals surface area (Å²) < 4.78 is 6.65. The maximum absolute atomic E-state index is 12.6. The summed E-state index contributed by atoms with van der Waals surface area (Å²) in [6.45, 7) is 3.50. The second-order valence-corrected chi connectivity index (χ2v) is 5.28. The van der Waals surface area contributed by atoms with E-state index in [-0.39, 0.29) is 12.5 Å². The van der Waals surface area contributed by atoms with Crippen molar-refractivity contribution in [3.8, 4) is 0 Å². The van der Waals surface area contributed by atoms with Crippen LogP contribution in [0.5, 0.6) is 0 Å². The number of aryl methyl sites for hydroxylation is 2. The van der Waals surface area contributed by atoms with Crippen molar-refractivity contribution >= 4 is 11.9 Å². The van der Waals surface area contributed by atoms with Crippen LogP contribution in [0.1, 0.15) is 23.9 Å². The number of hydrogen-bond donors (Lipinski definition) is 1. The number of aromatic nitrogens is 3. The number of carbonyl (C=O) groups excluding carboxylic acids is 2. The van der Waals surface area contributed by atoms with Gasteiger partial charge in [-0.3, -0.25) is 14.4 Å². The first-order valence-electron chi connectivity index (χ1n) is 6.45. The molecule has 0 spiro atoms. The molecule has 0 bridgehead atoms. The summed E-state index contributed by atoms with van der Waals surface area (Å²) in [4.78, 5) is 25.8. The van der Waals surface area contributed by atoms with E-state index in [4.69, 9.17) is 4.52 Å². The van der Waals surface area contributed by atoms with Gasteiger partial charge in [-0.05, 0) is 13.8 Å². The highest BCUT2D eigenvalue weighted by molar-refractivity contribution is 6.07. The van der Waals surface area contributed by atoms with Gasteiger partial charge in [0.2, 0.25) is 0 Å². The first-order valence-corrected chi connectivity index (χ1v) is 6.45. The van der Waals surface area contributed by atoms with Crippen molar-refractivity contribution in [2.75, 3.05) is 0 Å². The van der Waals surface area contributed by atoms with Gasteiger partial charge in [0.05, 0.1) is 18.4 Å². The monoisotopic (exact) mass is 289 g/mol. The van der Waals surface area contributed by atoms with Crippen molar-refractivity contribution in [2.45, 2.75) is 25.9 Å². The molecule has 3 amide bonds. The van der Waals surface area contributed by atoms with E-state index in [1.165, 1.54) is 0 Å². The summed E-state index contributed by atoms with van der Waals surface area (Å²) in [5, 5.41) is 10.5. The molecule has 1 fully saturated rings. The van der Waals surface area contributed by atoms with Crippen LogP contribution in [0.4, 0.5) is 4.79 Å². The van der Waals surface area contributed by atoms with Crippen molar-refractivity contribution in [1.82, 2.24) is 25.2 Å². The Morgan fingerprint density at radius 3 is 2.76 bits per heavy atom. The number of urea groups is 1. The van der Waals surface area contributed by atoms with Crippen LogP contribution in [-0.4, -0.2) is 31.8 Å². The van der Waals surface area contributed by atoms with Gasteiger partial charge in [0.1, 0.15) is 5.54 Å². The molecule has 1 atom stereocenters. The Balaban J connectivity index is 1.88. The minimum atomic E-state index is -1.11. The highest BCUT2D eigenvalue weighted by Crippen LogP contribution is 2.29. The molecule has 0 saturated carbocycles. The molecule has 1 aliphatic heterocycles. The van der Waals surface area contributed by atoms with Crippen LogP contribution >= 0.6 is 0 Å². The maximum atomic E-state index is 12.6. The number of nitrogens with zero attached hydrogens (tertiary/aromatic N) is 4. The maximum Gasteiger partial charge on any atom is 0.325 e. The Hall–Kier alpha value is -2.64. The van der Waals surface area contributed by atoms with Crippen LogP contribution in [0.15, 0.2) is 23.0 Å². The fourth-order valence-corrected chi connectivity index (χ4v) is 2.36.